The zero-order valence-electron chi connectivity index (χ0n) is 17.5. The maximum Gasteiger partial charge on any atom is 0.239 e. The van der Waals surface area contributed by atoms with Gasteiger partial charge >= 0.3 is 0 Å². The number of benzene rings is 3. The summed E-state index contributed by atoms with van der Waals surface area (Å²) in [5, 5.41) is 10.9. The molecule has 1 aliphatic heterocycles. The predicted octanol–water partition coefficient (Wildman–Crippen LogP) is 3.85. The highest BCUT2D eigenvalue weighted by Crippen LogP contribution is 2.64. The molecule has 4 nitrogen and oxygen atoms in total. The largest absolute Gasteiger partial charge is 0.395 e. The molecule has 7 rings (SSSR count). The van der Waals surface area contributed by atoms with Gasteiger partial charge in [0.1, 0.15) is 0 Å². The van der Waals surface area contributed by atoms with Crippen molar-refractivity contribution in [1.29, 1.82) is 0 Å². The first-order chi connectivity index (χ1) is 15.0. The van der Waals surface area contributed by atoms with E-state index in [2.05, 4.69) is 12.1 Å². The van der Waals surface area contributed by atoms with Crippen LogP contribution in [0.1, 0.15) is 39.3 Å². The van der Waals surface area contributed by atoms with E-state index >= 15 is 0 Å². The van der Waals surface area contributed by atoms with E-state index in [1.165, 1.54) is 4.90 Å². The van der Waals surface area contributed by atoms with Crippen LogP contribution in [-0.2, 0) is 15.0 Å². The number of amides is 2. The molecule has 3 aromatic rings. The average Bonchev–Trinajstić information content (AvgIpc) is 3.06. The molecule has 3 aliphatic carbocycles. The van der Waals surface area contributed by atoms with Crippen molar-refractivity contribution in [3.05, 3.63) is 100 Å². The minimum atomic E-state index is -0.911. The fraction of sp³-hybridized carbons (Fsp3) is 0.259. The fourth-order valence-corrected chi connectivity index (χ4v) is 6.40. The van der Waals surface area contributed by atoms with Crippen LogP contribution in [0.4, 0.5) is 5.69 Å². The second-order valence-corrected chi connectivity index (χ2v) is 9.09. The molecule has 31 heavy (non-hydrogen) atoms. The Balaban J connectivity index is 1.65. The van der Waals surface area contributed by atoms with Gasteiger partial charge in [0.15, 0.2) is 0 Å². The van der Waals surface area contributed by atoms with Crippen LogP contribution in [0.15, 0.2) is 66.7 Å². The predicted molar refractivity (Wildman–Crippen MR) is 118 cm³/mol. The Bertz CT molecular complexity index is 1230. The molecule has 4 heteroatoms. The molecular formula is C27H23NO3. The third-order valence-electron chi connectivity index (χ3n) is 7.65. The lowest BCUT2D eigenvalue weighted by atomic mass is 9.47. The summed E-state index contributed by atoms with van der Waals surface area (Å²) < 4.78 is 0. The van der Waals surface area contributed by atoms with Crippen LogP contribution in [0.2, 0.25) is 0 Å². The Labute approximate surface area is 181 Å². The number of rotatable bonds is 2. The van der Waals surface area contributed by atoms with Crippen LogP contribution in [0.5, 0.6) is 0 Å². The van der Waals surface area contributed by atoms with Crippen LogP contribution in [0, 0.1) is 25.7 Å². The summed E-state index contributed by atoms with van der Waals surface area (Å²) in [5.74, 6) is -1.66. The van der Waals surface area contributed by atoms with Crippen molar-refractivity contribution in [2.75, 3.05) is 11.5 Å². The number of nitrogens with zero attached hydrogens (tertiary/aromatic N) is 1. The van der Waals surface area contributed by atoms with E-state index in [0.29, 0.717) is 5.69 Å². The van der Waals surface area contributed by atoms with Crippen LogP contribution in [-0.4, -0.2) is 23.5 Å². The third kappa shape index (κ3) is 2.08. The van der Waals surface area contributed by atoms with Crippen molar-refractivity contribution in [3.63, 3.8) is 0 Å². The van der Waals surface area contributed by atoms with Crippen LogP contribution >= 0.6 is 0 Å². The van der Waals surface area contributed by atoms with Gasteiger partial charge in [-0.15, -0.1) is 0 Å². The minimum Gasteiger partial charge on any atom is -0.395 e. The van der Waals surface area contributed by atoms with E-state index in [-0.39, 0.29) is 24.3 Å². The average molecular weight is 409 g/mol. The first kappa shape index (κ1) is 18.5. The summed E-state index contributed by atoms with van der Waals surface area (Å²) in [4.78, 5) is 29.3. The van der Waals surface area contributed by atoms with Gasteiger partial charge in [0.2, 0.25) is 11.8 Å². The monoisotopic (exact) mass is 409 g/mol. The highest BCUT2D eigenvalue weighted by Gasteiger charge is 2.68. The third-order valence-corrected chi connectivity index (χ3v) is 7.65. The summed E-state index contributed by atoms with van der Waals surface area (Å²) in [6, 6.07) is 21.9. The molecule has 1 heterocycles. The molecule has 4 aliphatic rings. The first-order valence-corrected chi connectivity index (χ1v) is 10.8. The van der Waals surface area contributed by atoms with Gasteiger partial charge in [-0.25, -0.2) is 4.90 Å². The molecule has 0 unspecified atom stereocenters. The maximum atomic E-state index is 14.0. The Morgan fingerprint density at radius 3 is 2.10 bits per heavy atom. The second kappa shape index (κ2) is 6.14. The molecule has 0 spiro atoms. The lowest BCUT2D eigenvalue weighted by Crippen LogP contribution is -2.55. The zero-order valence-corrected chi connectivity index (χ0v) is 17.5. The van der Waals surface area contributed by atoms with Crippen molar-refractivity contribution in [2.24, 2.45) is 11.8 Å². The molecule has 154 valence electrons. The highest BCUT2D eigenvalue weighted by molar-refractivity contribution is 6.24. The van der Waals surface area contributed by atoms with E-state index in [1.54, 1.807) is 0 Å². The van der Waals surface area contributed by atoms with Gasteiger partial charge in [0.25, 0.3) is 0 Å². The molecule has 0 radical (unpaired) electrons. The molecule has 1 saturated heterocycles. The Morgan fingerprint density at radius 1 is 0.871 bits per heavy atom. The number of anilines is 1. The smallest absolute Gasteiger partial charge is 0.239 e. The molecular weight excluding hydrogens is 386 g/mol. The van der Waals surface area contributed by atoms with Crippen LogP contribution in [0.3, 0.4) is 0 Å². The standard InChI is InChI=1S/C27H23NO3/c1-15-11-12-16(2)21(13-15)28-25(30)23-22-17-7-3-5-9-19(17)27(14-29,24(23)26(28)31)20-10-6-4-8-18(20)22/h3-13,22-24,29H,14H2,1-2H3/t22?,23-,24+,27?/m0/s1. The van der Waals surface area contributed by atoms with Crippen molar-refractivity contribution >= 4 is 17.5 Å². The maximum absolute atomic E-state index is 14.0. The van der Waals surface area contributed by atoms with E-state index in [9.17, 15) is 14.7 Å². The summed E-state index contributed by atoms with van der Waals surface area (Å²) in [6.45, 7) is 3.68. The SMILES string of the molecule is Cc1ccc(C)c(N2C(=O)[C@H]3C4c5ccccc5C(CO)(c5ccccc54)[C@H]3C2=O)c1. The van der Waals surface area contributed by atoms with Crippen LogP contribution < -0.4 is 4.90 Å². The van der Waals surface area contributed by atoms with Crippen molar-refractivity contribution in [2.45, 2.75) is 25.2 Å². The molecule has 0 aromatic heterocycles. The summed E-state index contributed by atoms with van der Waals surface area (Å²) in [5.41, 5.74) is 5.71. The molecule has 0 saturated carbocycles. The number of hydrogen-bond acceptors (Lipinski definition) is 3. The van der Waals surface area contributed by atoms with Gasteiger partial charge in [0.05, 0.1) is 29.5 Å². The van der Waals surface area contributed by atoms with Gasteiger partial charge in [-0.1, -0.05) is 60.7 Å². The minimum absolute atomic E-state index is 0.157. The second-order valence-electron chi connectivity index (χ2n) is 9.09. The summed E-state index contributed by atoms with van der Waals surface area (Å²) in [7, 11) is 0. The van der Waals surface area contributed by atoms with Crippen molar-refractivity contribution in [1.82, 2.24) is 0 Å². The summed E-state index contributed by atoms with van der Waals surface area (Å²) in [6.07, 6.45) is 0. The van der Waals surface area contributed by atoms with E-state index in [1.807, 2.05) is 68.4 Å². The van der Waals surface area contributed by atoms with Gasteiger partial charge < -0.3 is 5.11 Å². The molecule has 2 bridgehead atoms. The molecule has 1 N–H and O–H groups in total. The lowest BCUT2D eigenvalue weighted by molar-refractivity contribution is -0.124. The lowest BCUT2D eigenvalue weighted by Gasteiger charge is -2.53. The number of aliphatic hydroxyl groups excluding tert-OH is 1. The van der Waals surface area contributed by atoms with Crippen molar-refractivity contribution in [3.8, 4) is 0 Å². The normalized spacial score (nSPS) is 27.8. The topological polar surface area (TPSA) is 57.6 Å². The number of imide groups is 1. The van der Waals surface area contributed by atoms with Gasteiger partial charge in [0, 0.05) is 5.92 Å². The zero-order chi connectivity index (χ0) is 21.5. The molecule has 2 atom stereocenters. The van der Waals surface area contributed by atoms with E-state index in [0.717, 1.165) is 33.4 Å². The number of hydrogen-bond donors (Lipinski definition) is 1. The molecule has 3 aromatic carbocycles. The highest BCUT2D eigenvalue weighted by atomic mass is 16.3. The quantitative estimate of drug-likeness (QED) is 0.654. The Kier molecular flexibility index (Phi) is 3.67. The van der Waals surface area contributed by atoms with Gasteiger partial charge in [-0.2, -0.15) is 0 Å². The summed E-state index contributed by atoms with van der Waals surface area (Å²) >= 11 is 0. The Morgan fingerprint density at radius 2 is 1.48 bits per heavy atom. The number of aliphatic hydroxyl groups is 1. The van der Waals surface area contributed by atoms with E-state index < -0.39 is 17.3 Å². The molecule has 1 fully saturated rings. The number of carbonyl (C=O) groups is 2. The first-order valence-electron chi connectivity index (χ1n) is 10.8. The fourth-order valence-electron chi connectivity index (χ4n) is 6.40. The number of aryl methyl sites for hydroxylation is 2. The number of carbonyl (C=O) groups excluding carboxylic acids is 2. The Hall–Kier alpha value is -3.24. The van der Waals surface area contributed by atoms with Gasteiger partial charge in [-0.05, 0) is 53.3 Å². The van der Waals surface area contributed by atoms with Crippen LogP contribution in [0.25, 0.3) is 0 Å². The van der Waals surface area contributed by atoms with E-state index in [4.69, 9.17) is 0 Å². The molecule has 2 amide bonds. The van der Waals surface area contributed by atoms with Crippen molar-refractivity contribution < 1.29 is 14.7 Å². The van der Waals surface area contributed by atoms with Gasteiger partial charge in [-0.3, -0.25) is 9.59 Å².